The van der Waals surface area contributed by atoms with Gasteiger partial charge in [-0.15, -0.1) is 0 Å². The standard InChI is InChI=1S/C27H26FN3O5/c1-17-4-11-21(12-5-17)31-26(33)22(15-25(32)29-20-9-7-19(28)8-10-20)30(27(31)34)16-18-6-13-23(35-2)24(14-18)36-3/h4-14,22H,15-16H2,1-3H3,(H,29,32). The van der Waals surface area contributed by atoms with Crippen LogP contribution in [0.5, 0.6) is 11.5 Å². The second-order valence-electron chi connectivity index (χ2n) is 8.38. The number of urea groups is 1. The molecule has 0 aromatic heterocycles. The molecule has 8 nitrogen and oxygen atoms in total. The Kier molecular flexibility index (Phi) is 7.19. The number of amides is 4. The van der Waals surface area contributed by atoms with Crippen LogP contribution in [0, 0.1) is 12.7 Å². The van der Waals surface area contributed by atoms with Crippen molar-refractivity contribution in [3.05, 3.63) is 83.7 Å². The molecular formula is C27H26FN3O5. The fourth-order valence-corrected chi connectivity index (χ4v) is 4.04. The minimum atomic E-state index is -1.03. The predicted octanol–water partition coefficient (Wildman–Crippen LogP) is 4.52. The smallest absolute Gasteiger partial charge is 0.332 e. The SMILES string of the molecule is COc1ccc(CN2C(=O)N(c3ccc(C)cc3)C(=O)C2CC(=O)Nc2ccc(F)cc2)cc1OC. The predicted molar refractivity (Wildman–Crippen MR) is 133 cm³/mol. The summed E-state index contributed by atoms with van der Waals surface area (Å²) in [5.74, 6) is -0.399. The molecule has 0 aliphatic carbocycles. The van der Waals surface area contributed by atoms with Crippen LogP contribution in [0.2, 0.25) is 0 Å². The van der Waals surface area contributed by atoms with E-state index < -0.39 is 29.7 Å². The van der Waals surface area contributed by atoms with Crippen LogP contribution in [0.15, 0.2) is 66.7 Å². The summed E-state index contributed by atoms with van der Waals surface area (Å²) in [6.07, 6.45) is -0.266. The molecule has 0 saturated carbocycles. The topological polar surface area (TPSA) is 88.2 Å². The number of carbonyl (C=O) groups excluding carboxylic acids is 3. The number of nitrogens with one attached hydrogen (secondary N) is 1. The molecule has 1 fully saturated rings. The molecule has 1 saturated heterocycles. The average molecular weight is 492 g/mol. The van der Waals surface area contributed by atoms with Gasteiger partial charge in [-0.1, -0.05) is 23.8 Å². The van der Waals surface area contributed by atoms with Gasteiger partial charge in [0.05, 0.1) is 26.3 Å². The molecular weight excluding hydrogens is 465 g/mol. The number of anilines is 2. The molecule has 1 aliphatic rings. The van der Waals surface area contributed by atoms with Gasteiger partial charge in [0, 0.05) is 12.2 Å². The third-order valence-electron chi connectivity index (χ3n) is 5.92. The van der Waals surface area contributed by atoms with E-state index in [1.165, 1.54) is 43.4 Å². The molecule has 36 heavy (non-hydrogen) atoms. The quantitative estimate of drug-likeness (QED) is 0.468. The number of nitrogens with zero attached hydrogens (tertiary/aromatic N) is 2. The first-order valence-corrected chi connectivity index (χ1v) is 11.3. The average Bonchev–Trinajstić information content (AvgIpc) is 3.09. The van der Waals surface area contributed by atoms with Gasteiger partial charge in [-0.25, -0.2) is 14.1 Å². The number of ether oxygens (including phenoxy) is 2. The van der Waals surface area contributed by atoms with E-state index in [4.69, 9.17) is 9.47 Å². The van der Waals surface area contributed by atoms with E-state index in [-0.39, 0.29) is 13.0 Å². The van der Waals surface area contributed by atoms with Gasteiger partial charge in [0.1, 0.15) is 11.9 Å². The first-order chi connectivity index (χ1) is 17.3. The molecule has 1 atom stereocenters. The number of imide groups is 1. The van der Waals surface area contributed by atoms with E-state index in [1.54, 1.807) is 30.3 Å². The van der Waals surface area contributed by atoms with Gasteiger partial charge in [0.15, 0.2) is 11.5 Å². The van der Waals surface area contributed by atoms with E-state index in [1.807, 2.05) is 19.1 Å². The summed E-state index contributed by atoms with van der Waals surface area (Å²) in [5, 5.41) is 2.66. The fraction of sp³-hybridized carbons (Fsp3) is 0.222. The summed E-state index contributed by atoms with van der Waals surface area (Å²) in [4.78, 5) is 42.2. The molecule has 1 unspecified atom stereocenters. The Hall–Kier alpha value is -4.40. The van der Waals surface area contributed by atoms with Crippen molar-refractivity contribution in [2.45, 2.75) is 25.9 Å². The molecule has 3 aromatic carbocycles. The molecule has 1 aliphatic heterocycles. The van der Waals surface area contributed by atoms with Gasteiger partial charge < -0.3 is 19.7 Å². The zero-order valence-electron chi connectivity index (χ0n) is 20.2. The van der Waals surface area contributed by atoms with Gasteiger partial charge in [0.25, 0.3) is 5.91 Å². The zero-order chi connectivity index (χ0) is 25.8. The highest BCUT2D eigenvalue weighted by Gasteiger charge is 2.46. The van der Waals surface area contributed by atoms with Crippen molar-refractivity contribution in [1.82, 2.24) is 4.90 Å². The lowest BCUT2D eigenvalue weighted by molar-refractivity contribution is -0.124. The third-order valence-corrected chi connectivity index (χ3v) is 5.92. The first kappa shape index (κ1) is 24.7. The van der Waals surface area contributed by atoms with Crippen LogP contribution in [-0.2, 0) is 16.1 Å². The number of benzene rings is 3. The number of methoxy groups -OCH3 is 2. The molecule has 0 radical (unpaired) electrons. The Morgan fingerprint density at radius 1 is 0.944 bits per heavy atom. The minimum absolute atomic E-state index is 0.0712. The summed E-state index contributed by atoms with van der Waals surface area (Å²) in [6.45, 7) is 1.98. The number of hydrogen-bond acceptors (Lipinski definition) is 5. The summed E-state index contributed by atoms with van der Waals surface area (Å²) in [7, 11) is 3.03. The Balaban J connectivity index is 1.62. The fourth-order valence-electron chi connectivity index (χ4n) is 4.04. The van der Waals surface area contributed by atoms with Crippen LogP contribution >= 0.6 is 0 Å². The molecule has 0 bridgehead atoms. The molecule has 9 heteroatoms. The Morgan fingerprint density at radius 2 is 1.61 bits per heavy atom. The molecule has 1 N–H and O–H groups in total. The van der Waals surface area contributed by atoms with E-state index in [9.17, 15) is 18.8 Å². The van der Waals surface area contributed by atoms with Crippen LogP contribution in [0.25, 0.3) is 0 Å². The lowest BCUT2D eigenvalue weighted by Crippen LogP contribution is -2.37. The Morgan fingerprint density at radius 3 is 2.25 bits per heavy atom. The van der Waals surface area contributed by atoms with Crippen LogP contribution in [0.1, 0.15) is 17.5 Å². The molecule has 4 amide bonds. The van der Waals surface area contributed by atoms with Crippen molar-refractivity contribution in [1.29, 1.82) is 0 Å². The third kappa shape index (κ3) is 5.14. The van der Waals surface area contributed by atoms with Gasteiger partial charge in [-0.3, -0.25) is 9.59 Å². The van der Waals surface area contributed by atoms with Crippen molar-refractivity contribution in [2.75, 3.05) is 24.4 Å². The summed E-state index contributed by atoms with van der Waals surface area (Å²) >= 11 is 0. The maximum atomic E-state index is 13.5. The van der Waals surface area contributed by atoms with Gasteiger partial charge in [-0.05, 0) is 61.0 Å². The van der Waals surface area contributed by atoms with Crippen molar-refractivity contribution in [3.63, 3.8) is 0 Å². The van der Waals surface area contributed by atoms with E-state index in [0.717, 1.165) is 10.5 Å². The van der Waals surface area contributed by atoms with E-state index in [0.29, 0.717) is 28.4 Å². The highest BCUT2D eigenvalue weighted by Crippen LogP contribution is 2.32. The second kappa shape index (κ2) is 10.5. The van der Waals surface area contributed by atoms with Gasteiger partial charge in [0.2, 0.25) is 5.91 Å². The molecule has 186 valence electrons. The molecule has 1 heterocycles. The lowest BCUT2D eigenvalue weighted by Gasteiger charge is -2.22. The molecule has 4 rings (SSSR count). The number of halogens is 1. The van der Waals surface area contributed by atoms with Crippen LogP contribution in [0.3, 0.4) is 0 Å². The largest absolute Gasteiger partial charge is 0.493 e. The maximum Gasteiger partial charge on any atom is 0.332 e. The second-order valence-corrected chi connectivity index (χ2v) is 8.38. The van der Waals surface area contributed by atoms with Crippen LogP contribution < -0.4 is 19.7 Å². The van der Waals surface area contributed by atoms with Gasteiger partial charge in [-0.2, -0.15) is 0 Å². The summed E-state index contributed by atoms with van der Waals surface area (Å²) < 4.78 is 23.8. The minimum Gasteiger partial charge on any atom is -0.493 e. The summed E-state index contributed by atoms with van der Waals surface area (Å²) in [6, 6.07) is 15.9. The molecule has 0 spiro atoms. The van der Waals surface area contributed by atoms with Gasteiger partial charge >= 0.3 is 6.03 Å². The number of rotatable bonds is 8. The number of aryl methyl sites for hydroxylation is 1. The first-order valence-electron chi connectivity index (χ1n) is 11.3. The highest BCUT2D eigenvalue weighted by molar-refractivity contribution is 6.22. The van der Waals surface area contributed by atoms with Crippen molar-refractivity contribution < 1.29 is 28.2 Å². The van der Waals surface area contributed by atoms with Crippen molar-refractivity contribution in [3.8, 4) is 11.5 Å². The summed E-state index contributed by atoms with van der Waals surface area (Å²) in [5.41, 5.74) is 2.49. The van der Waals surface area contributed by atoms with Crippen LogP contribution in [0.4, 0.5) is 20.6 Å². The van der Waals surface area contributed by atoms with E-state index >= 15 is 0 Å². The highest BCUT2D eigenvalue weighted by atomic mass is 19.1. The van der Waals surface area contributed by atoms with E-state index in [2.05, 4.69) is 5.32 Å². The number of hydrogen-bond donors (Lipinski definition) is 1. The zero-order valence-corrected chi connectivity index (χ0v) is 20.2. The van der Waals surface area contributed by atoms with Crippen LogP contribution in [-0.4, -0.2) is 43.0 Å². The molecule has 3 aromatic rings. The maximum absolute atomic E-state index is 13.5. The number of carbonyl (C=O) groups is 3. The normalized spacial score (nSPS) is 15.3. The monoisotopic (exact) mass is 491 g/mol. The Bertz CT molecular complexity index is 1280. The lowest BCUT2D eigenvalue weighted by atomic mass is 10.1. The van der Waals surface area contributed by atoms with Crippen molar-refractivity contribution >= 4 is 29.2 Å². The van der Waals surface area contributed by atoms with Crippen molar-refractivity contribution in [2.24, 2.45) is 0 Å². The Labute approximate surface area is 208 Å².